The van der Waals surface area contributed by atoms with E-state index in [9.17, 15) is 19.6 Å². The molecule has 3 N–H and O–H groups in total. The fraction of sp³-hybridized carbons (Fsp3) is 0.789. The lowest BCUT2D eigenvalue weighted by molar-refractivity contribution is -0.154. The minimum atomic E-state index is -0.690. The third-order valence-corrected chi connectivity index (χ3v) is 13.4. The second-order valence-electron chi connectivity index (χ2n) is 16.6. The summed E-state index contributed by atoms with van der Waals surface area (Å²) in [5, 5.41) is 13.1. The second-order valence-corrected chi connectivity index (χ2v) is 16.6. The number of nitrogens with zero attached hydrogens (tertiary/aromatic N) is 1. The highest BCUT2D eigenvalue weighted by atomic mass is 16.5. The molecule has 4 rings (SSSR count). The zero-order valence-electron chi connectivity index (χ0n) is 29.8. The van der Waals surface area contributed by atoms with Crippen LogP contribution in [0.5, 0.6) is 0 Å². The Bertz CT molecular complexity index is 1310. The quantitative estimate of drug-likeness (QED) is 0.234. The first-order valence-electron chi connectivity index (χ1n) is 17.6. The Morgan fingerprint density at radius 2 is 1.74 bits per heavy atom. The van der Waals surface area contributed by atoms with Gasteiger partial charge < -0.3 is 20.5 Å². The lowest BCUT2D eigenvalue weighted by atomic mass is 9.36. The highest BCUT2D eigenvalue weighted by Gasteiger charge is 2.67. The Morgan fingerprint density at radius 3 is 2.37 bits per heavy atom. The number of allylic oxidation sites excluding steroid dienone is 4. The van der Waals surface area contributed by atoms with Crippen molar-refractivity contribution >= 4 is 17.5 Å². The van der Waals surface area contributed by atoms with E-state index >= 15 is 0 Å². The van der Waals surface area contributed by atoms with Crippen LogP contribution in [0.4, 0.5) is 0 Å². The van der Waals surface area contributed by atoms with Crippen molar-refractivity contribution < 1.29 is 23.9 Å². The van der Waals surface area contributed by atoms with E-state index in [-0.39, 0.29) is 51.1 Å². The van der Waals surface area contributed by atoms with Crippen LogP contribution in [-0.2, 0) is 23.9 Å². The molecule has 0 aliphatic heterocycles. The summed E-state index contributed by atoms with van der Waals surface area (Å²) in [4.78, 5) is 41.8. The van der Waals surface area contributed by atoms with E-state index < -0.39 is 16.2 Å². The van der Waals surface area contributed by atoms with Gasteiger partial charge in [-0.3, -0.25) is 14.4 Å². The smallest absolute Gasteiger partial charge is 0.226 e. The van der Waals surface area contributed by atoms with E-state index in [1.165, 1.54) is 0 Å². The van der Waals surface area contributed by atoms with Gasteiger partial charge in [-0.15, -0.1) is 0 Å². The SMILES string of the molecule is CCC(C)(C)CC[C@]1(C(=O)NCCOCCOCCN)CC[C@]2(C)[C@@H](C1)C(=O)C=C1[C@@]3(C)C=C(C#N)C(=O)C(C)(C)[C@@H]3CC[C@]12C. The molecule has 1 amide bonds. The lowest BCUT2D eigenvalue weighted by Crippen LogP contribution is -2.62. The monoisotopic (exact) mass is 637 g/mol. The topological polar surface area (TPSA) is 132 Å². The molecule has 46 heavy (non-hydrogen) atoms. The number of rotatable bonds is 13. The van der Waals surface area contributed by atoms with Gasteiger partial charge in [0.15, 0.2) is 11.6 Å². The molecule has 0 aromatic rings. The fourth-order valence-electron chi connectivity index (χ4n) is 9.64. The van der Waals surface area contributed by atoms with E-state index in [0.29, 0.717) is 45.9 Å². The third-order valence-electron chi connectivity index (χ3n) is 13.4. The van der Waals surface area contributed by atoms with Gasteiger partial charge in [0.05, 0.1) is 32.0 Å². The average Bonchev–Trinajstić information content (AvgIpc) is 3.01. The van der Waals surface area contributed by atoms with Crippen molar-refractivity contribution in [3.8, 4) is 6.07 Å². The molecule has 0 heterocycles. The van der Waals surface area contributed by atoms with E-state index in [0.717, 1.165) is 50.5 Å². The summed E-state index contributed by atoms with van der Waals surface area (Å²) in [6.45, 7) is 20.1. The van der Waals surface area contributed by atoms with Gasteiger partial charge in [-0.1, -0.05) is 73.5 Å². The Kier molecular flexibility index (Phi) is 10.5. The van der Waals surface area contributed by atoms with E-state index in [1.807, 2.05) is 26.0 Å². The molecule has 256 valence electrons. The highest BCUT2D eigenvalue weighted by Crippen LogP contribution is 2.72. The summed E-state index contributed by atoms with van der Waals surface area (Å²) >= 11 is 0. The van der Waals surface area contributed by atoms with Crippen molar-refractivity contribution in [2.24, 2.45) is 50.1 Å². The van der Waals surface area contributed by atoms with Crippen LogP contribution in [0.1, 0.15) is 107 Å². The predicted molar refractivity (Wildman–Crippen MR) is 179 cm³/mol. The molecule has 2 saturated carbocycles. The van der Waals surface area contributed by atoms with Crippen molar-refractivity contribution in [2.75, 3.05) is 39.5 Å². The number of Topliss-reactive ketones (excluding diaryl/α,β-unsaturated/α-hetero) is 1. The van der Waals surface area contributed by atoms with Crippen LogP contribution < -0.4 is 11.1 Å². The number of nitrogens with one attached hydrogen (secondary N) is 1. The summed E-state index contributed by atoms with van der Waals surface area (Å²) in [6.07, 6.45) is 10.2. The molecule has 0 radical (unpaired) electrons. The summed E-state index contributed by atoms with van der Waals surface area (Å²) in [5.41, 5.74) is 4.31. The summed E-state index contributed by atoms with van der Waals surface area (Å²) in [5.74, 6) is -0.246. The molecular weight excluding hydrogens is 578 g/mol. The van der Waals surface area contributed by atoms with E-state index in [1.54, 1.807) is 0 Å². The third kappa shape index (κ3) is 6.17. The minimum Gasteiger partial charge on any atom is -0.378 e. The largest absolute Gasteiger partial charge is 0.378 e. The van der Waals surface area contributed by atoms with Crippen LogP contribution in [0.25, 0.3) is 0 Å². The molecule has 4 aliphatic carbocycles. The van der Waals surface area contributed by atoms with Gasteiger partial charge >= 0.3 is 0 Å². The Morgan fingerprint density at radius 1 is 1.07 bits per heavy atom. The second kappa shape index (κ2) is 13.3. The summed E-state index contributed by atoms with van der Waals surface area (Å²) in [6, 6.07) is 2.18. The number of hydrogen-bond acceptors (Lipinski definition) is 7. The van der Waals surface area contributed by atoms with Crippen LogP contribution in [0.15, 0.2) is 23.3 Å². The minimum absolute atomic E-state index is 0.0102. The number of carbonyl (C=O) groups is 3. The lowest BCUT2D eigenvalue weighted by Gasteiger charge is -2.66. The fourth-order valence-corrected chi connectivity index (χ4v) is 9.64. The van der Waals surface area contributed by atoms with E-state index in [2.05, 4.69) is 52.9 Å². The first kappa shape index (κ1) is 36.5. The van der Waals surface area contributed by atoms with Gasteiger partial charge in [-0.05, 0) is 73.2 Å². The van der Waals surface area contributed by atoms with Gasteiger partial charge in [0.25, 0.3) is 0 Å². The Labute approximate surface area is 277 Å². The molecule has 0 unspecified atom stereocenters. The van der Waals surface area contributed by atoms with Gasteiger partial charge in [-0.2, -0.15) is 5.26 Å². The van der Waals surface area contributed by atoms with Crippen molar-refractivity contribution in [1.29, 1.82) is 5.26 Å². The van der Waals surface area contributed by atoms with Crippen molar-refractivity contribution in [3.63, 3.8) is 0 Å². The zero-order chi connectivity index (χ0) is 34.2. The number of nitrogens with two attached hydrogens (primary N) is 1. The number of ether oxygens (including phenoxy) is 2. The standard InChI is InChI=1S/C38H59N3O5/c1-9-33(2,3)12-14-38(32(44)41-17-19-46-21-20-45-18-16-39)15-13-36(7)27(24-38)28(42)22-30-35(6)23-26(25-40)31(43)34(4,5)29(35)10-11-37(30,36)8/h22-23,27,29H,9-21,24,39H2,1-8H3,(H,41,44)/t27-,29-,35-,36+,37+,38-/m0/s1. The molecule has 0 bridgehead atoms. The van der Waals surface area contributed by atoms with Crippen molar-refractivity contribution in [3.05, 3.63) is 23.3 Å². The van der Waals surface area contributed by atoms with Crippen LogP contribution in [0.3, 0.4) is 0 Å². The van der Waals surface area contributed by atoms with Crippen LogP contribution in [-0.4, -0.2) is 57.0 Å². The highest BCUT2D eigenvalue weighted by molar-refractivity contribution is 6.04. The van der Waals surface area contributed by atoms with Crippen LogP contribution >= 0.6 is 0 Å². The number of ketones is 2. The maximum Gasteiger partial charge on any atom is 0.226 e. The molecule has 6 atom stereocenters. The first-order valence-corrected chi connectivity index (χ1v) is 17.6. The van der Waals surface area contributed by atoms with Gasteiger partial charge in [-0.25, -0.2) is 0 Å². The molecule has 2 fully saturated rings. The van der Waals surface area contributed by atoms with Crippen LogP contribution in [0.2, 0.25) is 0 Å². The Hall–Kier alpha value is -2.34. The summed E-state index contributed by atoms with van der Waals surface area (Å²) < 4.78 is 11.0. The zero-order valence-corrected chi connectivity index (χ0v) is 29.8. The number of hydrogen-bond donors (Lipinski definition) is 2. The normalized spacial score (nSPS) is 35.2. The maximum absolute atomic E-state index is 14.4. The molecule has 8 heteroatoms. The van der Waals surface area contributed by atoms with Crippen molar-refractivity contribution in [1.82, 2.24) is 5.32 Å². The van der Waals surface area contributed by atoms with Gasteiger partial charge in [0.1, 0.15) is 6.07 Å². The van der Waals surface area contributed by atoms with Crippen molar-refractivity contribution in [2.45, 2.75) is 107 Å². The van der Waals surface area contributed by atoms with Gasteiger partial charge in [0.2, 0.25) is 5.91 Å². The molecule has 4 aliphatic rings. The number of nitriles is 1. The molecule has 8 nitrogen and oxygen atoms in total. The molecule has 0 spiro atoms. The first-order chi connectivity index (χ1) is 21.5. The molecule has 0 aromatic carbocycles. The molecular formula is C38H59N3O5. The van der Waals surface area contributed by atoms with E-state index in [4.69, 9.17) is 15.2 Å². The van der Waals surface area contributed by atoms with Gasteiger partial charge in [0, 0.05) is 35.3 Å². The number of carbonyl (C=O) groups excluding carboxylic acids is 3. The average molecular weight is 638 g/mol. The Balaban J connectivity index is 1.64. The predicted octanol–water partition coefficient (Wildman–Crippen LogP) is 6.09. The molecule has 0 aromatic heterocycles. The number of amides is 1. The number of fused-ring (bicyclic) bond motifs is 5. The maximum atomic E-state index is 14.4. The summed E-state index contributed by atoms with van der Waals surface area (Å²) in [7, 11) is 0. The van der Waals surface area contributed by atoms with Crippen LogP contribution in [0, 0.1) is 55.7 Å². The molecule has 0 saturated heterocycles.